The number of carboxylic acid groups (broad SMARTS) is 1. The summed E-state index contributed by atoms with van der Waals surface area (Å²) in [6, 6.07) is 12.0. The zero-order chi connectivity index (χ0) is 30.3. The number of hydrogen-bond acceptors (Lipinski definition) is 7. The summed E-state index contributed by atoms with van der Waals surface area (Å²) in [5.74, 6) is 1.06. The minimum absolute atomic E-state index is 0.0496. The maximum atomic E-state index is 12.3. The standard InChI is InChI=1S/C33H47ClN2O6/c1-6-39-26-19-33(20-26,32(37)38)35-21-36(16-17-42-23(5)24-12-10-9-11-13-24)22(4)27-18-28(40-7-2)29(25-14-15-25)31(30(27)34)41-8-3/h9-13,18,22-23,25-26,35H,6-8,14-17,19-21H2,1-5H3,(H,37,38)/t22-,23+,26-,33-/m1/s1. The van der Waals surface area contributed by atoms with Crippen molar-refractivity contribution in [2.75, 3.05) is 39.6 Å². The molecule has 0 aliphatic heterocycles. The minimum atomic E-state index is -1.03. The molecular weight excluding hydrogens is 556 g/mol. The van der Waals surface area contributed by atoms with Gasteiger partial charge in [0.05, 0.1) is 37.1 Å². The smallest absolute Gasteiger partial charge is 0.324 e. The van der Waals surface area contributed by atoms with Gasteiger partial charge in [-0.1, -0.05) is 41.9 Å². The lowest BCUT2D eigenvalue weighted by molar-refractivity contribution is -0.158. The van der Waals surface area contributed by atoms with Crippen molar-refractivity contribution in [2.45, 2.75) is 90.0 Å². The molecule has 4 rings (SSSR count). The molecule has 2 saturated carbocycles. The SMILES string of the molecule is CCOc1cc([C@@H](C)N(CCO[C@@H](C)c2ccccc2)CN[C@]2(C(=O)O)C[C@@H](OCC)C2)c(Cl)c(OCC)c1C1CC1. The Morgan fingerprint density at radius 2 is 1.79 bits per heavy atom. The molecule has 8 nitrogen and oxygen atoms in total. The molecule has 232 valence electrons. The third-order valence-electron chi connectivity index (χ3n) is 8.42. The van der Waals surface area contributed by atoms with Gasteiger partial charge in [-0.25, -0.2) is 0 Å². The van der Waals surface area contributed by atoms with Gasteiger partial charge in [0, 0.05) is 44.3 Å². The summed E-state index contributed by atoms with van der Waals surface area (Å²) in [4.78, 5) is 14.5. The van der Waals surface area contributed by atoms with Crippen molar-refractivity contribution in [3.8, 4) is 11.5 Å². The Kier molecular flexibility index (Phi) is 11.5. The fourth-order valence-electron chi connectivity index (χ4n) is 5.76. The van der Waals surface area contributed by atoms with Crippen LogP contribution in [0.3, 0.4) is 0 Å². The van der Waals surface area contributed by atoms with Crippen molar-refractivity contribution < 1.29 is 28.8 Å². The van der Waals surface area contributed by atoms with Crippen molar-refractivity contribution >= 4 is 17.6 Å². The summed E-state index contributed by atoms with van der Waals surface area (Å²) in [6.45, 7) is 13.0. The zero-order valence-corrected chi connectivity index (χ0v) is 26.4. The van der Waals surface area contributed by atoms with Gasteiger partial charge >= 0.3 is 5.97 Å². The van der Waals surface area contributed by atoms with Crippen LogP contribution < -0.4 is 14.8 Å². The third-order valence-corrected chi connectivity index (χ3v) is 8.81. The van der Waals surface area contributed by atoms with Crippen molar-refractivity contribution in [2.24, 2.45) is 0 Å². The van der Waals surface area contributed by atoms with Gasteiger partial charge < -0.3 is 24.1 Å². The van der Waals surface area contributed by atoms with Crippen LogP contribution in [-0.4, -0.2) is 67.3 Å². The second kappa shape index (κ2) is 14.9. The molecule has 0 unspecified atom stereocenters. The molecule has 2 atom stereocenters. The number of carbonyl (C=O) groups is 1. The van der Waals surface area contributed by atoms with Gasteiger partial charge in [-0.15, -0.1) is 0 Å². The molecule has 2 aliphatic rings. The summed E-state index contributed by atoms with van der Waals surface area (Å²) in [5, 5.41) is 14.1. The second-order valence-electron chi connectivity index (χ2n) is 11.3. The normalized spacial score (nSPS) is 21.5. The van der Waals surface area contributed by atoms with E-state index in [0.29, 0.717) is 69.2 Å². The molecule has 0 radical (unpaired) electrons. The number of carboxylic acids is 1. The summed E-state index contributed by atoms with van der Waals surface area (Å²) in [7, 11) is 0. The van der Waals surface area contributed by atoms with Crippen molar-refractivity contribution in [3.63, 3.8) is 0 Å². The van der Waals surface area contributed by atoms with Crippen molar-refractivity contribution in [3.05, 3.63) is 58.1 Å². The molecule has 0 amide bonds. The Balaban J connectivity index is 1.58. The first-order chi connectivity index (χ1) is 20.2. The molecule has 0 saturated heterocycles. The second-order valence-corrected chi connectivity index (χ2v) is 11.7. The molecule has 42 heavy (non-hydrogen) atoms. The average Bonchev–Trinajstić information content (AvgIpc) is 3.80. The highest BCUT2D eigenvalue weighted by Gasteiger charge is 2.51. The van der Waals surface area contributed by atoms with E-state index in [1.165, 1.54) is 0 Å². The number of nitrogens with zero attached hydrogens (tertiary/aromatic N) is 1. The molecule has 0 bridgehead atoms. The Bertz CT molecular complexity index is 1170. The molecule has 9 heteroatoms. The number of hydrogen-bond donors (Lipinski definition) is 2. The van der Waals surface area contributed by atoms with E-state index < -0.39 is 11.5 Å². The van der Waals surface area contributed by atoms with Gasteiger partial charge in [-0.05, 0) is 70.6 Å². The Hall–Kier alpha value is -2.36. The summed E-state index contributed by atoms with van der Waals surface area (Å²) >= 11 is 7.10. The lowest BCUT2D eigenvalue weighted by atomic mass is 9.74. The zero-order valence-electron chi connectivity index (χ0n) is 25.7. The summed E-state index contributed by atoms with van der Waals surface area (Å²) in [5.41, 5.74) is 2.03. The number of aliphatic carboxylic acids is 1. The molecule has 2 aliphatic carbocycles. The molecule has 2 N–H and O–H groups in total. The molecule has 2 fully saturated rings. The van der Waals surface area contributed by atoms with Crippen LogP contribution in [0.25, 0.3) is 0 Å². The lowest BCUT2D eigenvalue weighted by Crippen LogP contribution is -2.65. The number of halogens is 1. The van der Waals surface area contributed by atoms with Crippen LogP contribution in [0.5, 0.6) is 11.5 Å². The van der Waals surface area contributed by atoms with E-state index in [0.717, 1.165) is 35.3 Å². The first kappa shape index (κ1) is 32.6. The van der Waals surface area contributed by atoms with Crippen LogP contribution >= 0.6 is 11.6 Å². The average molecular weight is 603 g/mol. The fraction of sp³-hybridized carbons (Fsp3) is 0.606. The maximum absolute atomic E-state index is 12.3. The predicted octanol–water partition coefficient (Wildman–Crippen LogP) is 6.73. The van der Waals surface area contributed by atoms with E-state index in [9.17, 15) is 9.90 Å². The van der Waals surface area contributed by atoms with Crippen LogP contribution in [0.1, 0.15) is 95.1 Å². The Labute approximate surface area is 255 Å². The van der Waals surface area contributed by atoms with E-state index >= 15 is 0 Å². The molecule has 2 aromatic carbocycles. The van der Waals surface area contributed by atoms with Gasteiger partial charge in [0.1, 0.15) is 17.0 Å². The van der Waals surface area contributed by atoms with Crippen LogP contribution in [0.2, 0.25) is 5.02 Å². The highest BCUT2D eigenvalue weighted by atomic mass is 35.5. The van der Waals surface area contributed by atoms with Gasteiger partial charge in [0.25, 0.3) is 0 Å². The predicted molar refractivity (Wildman–Crippen MR) is 165 cm³/mol. The molecular formula is C33H47ClN2O6. The minimum Gasteiger partial charge on any atom is -0.493 e. The van der Waals surface area contributed by atoms with Gasteiger partial charge in [0.15, 0.2) is 0 Å². The van der Waals surface area contributed by atoms with E-state index in [1.54, 1.807) is 0 Å². The quantitative estimate of drug-likeness (QED) is 0.182. The molecule has 2 aromatic rings. The number of benzene rings is 2. The van der Waals surface area contributed by atoms with Gasteiger partial charge in [0.2, 0.25) is 0 Å². The molecule has 0 heterocycles. The largest absolute Gasteiger partial charge is 0.493 e. The first-order valence-corrected chi connectivity index (χ1v) is 15.7. The maximum Gasteiger partial charge on any atom is 0.324 e. The van der Waals surface area contributed by atoms with Gasteiger partial charge in [-0.3, -0.25) is 15.0 Å². The van der Waals surface area contributed by atoms with Crippen LogP contribution in [-0.2, 0) is 14.3 Å². The monoisotopic (exact) mass is 602 g/mol. The molecule has 0 spiro atoms. The van der Waals surface area contributed by atoms with E-state index in [1.807, 2.05) is 45.9 Å². The topological polar surface area (TPSA) is 89.5 Å². The lowest BCUT2D eigenvalue weighted by Gasteiger charge is -2.46. The molecule has 0 aromatic heterocycles. The number of rotatable bonds is 18. The van der Waals surface area contributed by atoms with E-state index in [4.69, 9.17) is 30.5 Å². The Morgan fingerprint density at radius 3 is 2.38 bits per heavy atom. The highest BCUT2D eigenvalue weighted by Crippen LogP contribution is 2.53. The van der Waals surface area contributed by atoms with Crippen LogP contribution in [0.15, 0.2) is 36.4 Å². The number of nitrogens with one attached hydrogen (secondary N) is 1. The van der Waals surface area contributed by atoms with Gasteiger partial charge in [-0.2, -0.15) is 0 Å². The summed E-state index contributed by atoms with van der Waals surface area (Å²) < 4.78 is 24.2. The van der Waals surface area contributed by atoms with Crippen molar-refractivity contribution in [1.29, 1.82) is 0 Å². The summed E-state index contributed by atoms with van der Waals surface area (Å²) in [6.07, 6.45) is 2.93. The fourth-order valence-corrected chi connectivity index (χ4v) is 6.13. The Morgan fingerprint density at radius 1 is 1.10 bits per heavy atom. The first-order valence-electron chi connectivity index (χ1n) is 15.4. The van der Waals surface area contributed by atoms with Crippen LogP contribution in [0, 0.1) is 0 Å². The third kappa shape index (κ3) is 7.58. The van der Waals surface area contributed by atoms with Crippen molar-refractivity contribution in [1.82, 2.24) is 10.2 Å². The highest BCUT2D eigenvalue weighted by molar-refractivity contribution is 6.33. The van der Waals surface area contributed by atoms with E-state index in [-0.39, 0.29) is 18.2 Å². The number of ether oxygens (including phenoxy) is 4. The van der Waals surface area contributed by atoms with Crippen LogP contribution in [0.4, 0.5) is 0 Å². The van der Waals surface area contributed by atoms with E-state index in [2.05, 4.69) is 35.3 Å².